The zero-order chi connectivity index (χ0) is 34.7. The number of piperidine rings is 1. The summed E-state index contributed by atoms with van der Waals surface area (Å²) in [7, 11) is -4.19. The Bertz CT molecular complexity index is 1530. The van der Waals surface area contributed by atoms with E-state index in [1.807, 2.05) is 20.8 Å². The molecule has 4 aliphatic rings. The number of hydrogen-bond donors (Lipinski definition) is 4. The van der Waals surface area contributed by atoms with Crippen LogP contribution in [0.2, 0.25) is 0 Å². The van der Waals surface area contributed by atoms with E-state index in [-0.39, 0.29) is 46.4 Å². The second kappa shape index (κ2) is 12.2. The molecule has 1 saturated heterocycles. The molecule has 1 aromatic rings. The second-order valence-corrected chi connectivity index (χ2v) is 17.8. The van der Waals surface area contributed by atoms with Crippen LogP contribution in [0.5, 0.6) is 0 Å². The van der Waals surface area contributed by atoms with Gasteiger partial charge in [-0.15, -0.1) is 6.58 Å². The van der Waals surface area contributed by atoms with Crippen LogP contribution in [0.25, 0.3) is 0 Å². The van der Waals surface area contributed by atoms with E-state index in [0.29, 0.717) is 12.5 Å². The summed E-state index contributed by atoms with van der Waals surface area (Å²) in [6, 6.07) is 5.31. The highest BCUT2D eigenvalue weighted by Crippen LogP contribution is 2.65. The lowest BCUT2D eigenvalue weighted by atomic mass is 9.85. The predicted molar refractivity (Wildman–Crippen MR) is 178 cm³/mol. The van der Waals surface area contributed by atoms with Crippen molar-refractivity contribution in [3.63, 3.8) is 0 Å². The first-order chi connectivity index (χ1) is 21.8. The lowest BCUT2D eigenvalue weighted by Gasteiger charge is -2.38. The summed E-state index contributed by atoms with van der Waals surface area (Å²) < 4.78 is 28.1. The minimum atomic E-state index is -4.19. The van der Waals surface area contributed by atoms with Gasteiger partial charge in [0.05, 0.1) is 4.90 Å². The third-order valence-corrected chi connectivity index (χ3v) is 12.2. The Labute approximate surface area is 279 Å². The molecule has 1 aliphatic heterocycles. The average molecular weight is 670 g/mol. The third kappa shape index (κ3) is 6.93. The first-order valence-electron chi connectivity index (χ1n) is 16.8. The van der Waals surface area contributed by atoms with Crippen molar-refractivity contribution in [2.24, 2.45) is 40.4 Å². The number of nitrogens with one attached hydrogen (secondary N) is 4. The van der Waals surface area contributed by atoms with Crippen LogP contribution in [0.1, 0.15) is 74.1 Å². The first kappa shape index (κ1) is 34.9. The number of sulfonamides is 1. The molecular weight excluding hydrogens is 618 g/mol. The second-order valence-electron chi connectivity index (χ2n) is 16.1. The van der Waals surface area contributed by atoms with E-state index in [9.17, 15) is 27.6 Å². The van der Waals surface area contributed by atoms with Gasteiger partial charge in [-0.25, -0.2) is 17.9 Å². The van der Waals surface area contributed by atoms with Gasteiger partial charge < -0.3 is 20.9 Å². The number of benzene rings is 1. The molecule has 5 amide bonds. The fraction of sp³-hybridized carbons (Fsp3) is 0.657. The molecular formula is C35H51N5O6S. The molecule has 3 aliphatic carbocycles. The Kier molecular flexibility index (Phi) is 9.09. The Morgan fingerprint density at radius 2 is 1.70 bits per heavy atom. The zero-order valence-electron chi connectivity index (χ0n) is 28.6. The third-order valence-electron chi connectivity index (χ3n) is 10.9. The molecule has 0 bridgehead atoms. The largest absolute Gasteiger partial charge is 0.339 e. The van der Waals surface area contributed by atoms with E-state index >= 15 is 0 Å². The lowest BCUT2D eigenvalue weighted by Crippen LogP contribution is -2.62. The van der Waals surface area contributed by atoms with Crippen molar-refractivity contribution in [1.82, 2.24) is 25.6 Å². The fourth-order valence-corrected chi connectivity index (χ4v) is 8.44. The summed E-state index contributed by atoms with van der Waals surface area (Å²) in [6.45, 7) is 18.0. The lowest BCUT2D eigenvalue weighted by molar-refractivity contribution is -0.144. The van der Waals surface area contributed by atoms with Crippen LogP contribution in [0, 0.1) is 40.4 Å². The average Bonchev–Trinajstić information content (AvgIpc) is 3.94. The molecule has 5 rings (SSSR count). The number of fused-ring (bicyclic) bond motifs is 1. The van der Waals surface area contributed by atoms with Crippen LogP contribution in [0.3, 0.4) is 0 Å². The predicted octanol–water partition coefficient (Wildman–Crippen LogP) is 3.57. The van der Waals surface area contributed by atoms with Gasteiger partial charge in [0, 0.05) is 18.5 Å². The Hall–Kier alpha value is -3.41. The van der Waals surface area contributed by atoms with Gasteiger partial charge in [0.25, 0.3) is 15.9 Å². The molecule has 4 fully saturated rings. The van der Waals surface area contributed by atoms with Crippen LogP contribution in [0.4, 0.5) is 4.79 Å². The molecule has 0 aromatic heterocycles. The highest BCUT2D eigenvalue weighted by Gasteiger charge is 2.71. The molecule has 0 spiro atoms. The maximum absolute atomic E-state index is 14.3. The van der Waals surface area contributed by atoms with Crippen molar-refractivity contribution in [2.45, 2.75) is 103 Å². The highest BCUT2D eigenvalue weighted by molar-refractivity contribution is 7.90. The molecule has 0 radical (unpaired) electrons. The molecule has 11 nitrogen and oxygen atoms in total. The maximum atomic E-state index is 14.3. The molecule has 12 heteroatoms. The van der Waals surface area contributed by atoms with E-state index in [1.165, 1.54) is 31.1 Å². The number of amides is 5. The molecule has 3 saturated carbocycles. The number of hydrogen-bond acceptors (Lipinski definition) is 6. The molecule has 258 valence electrons. The van der Waals surface area contributed by atoms with E-state index in [4.69, 9.17) is 0 Å². The van der Waals surface area contributed by atoms with Crippen molar-refractivity contribution in [3.05, 3.63) is 43.0 Å². The number of urea groups is 1. The van der Waals surface area contributed by atoms with Crippen LogP contribution >= 0.6 is 0 Å². The first-order valence-corrected chi connectivity index (χ1v) is 18.3. The van der Waals surface area contributed by atoms with Crippen molar-refractivity contribution >= 4 is 33.8 Å². The smallest absolute Gasteiger partial charge is 0.315 e. The summed E-state index contributed by atoms with van der Waals surface area (Å²) in [6.07, 6.45) is 4.96. The Morgan fingerprint density at radius 3 is 2.23 bits per heavy atom. The van der Waals surface area contributed by atoms with Gasteiger partial charge in [0.1, 0.15) is 17.6 Å². The Morgan fingerprint density at radius 1 is 1.06 bits per heavy atom. The standard InChI is InChI=1S/C35H51N5O6S/c1-9-22-18-35(22,31(43)39-47(45,46)23-13-11-10-12-14-23)38-29(41)27-26-24(34(26,7)8)19-40(27)30(42)28(33(4,5)6)37-32(44)36-25(20(2)3)17-21-15-16-21/h9-14,20-22,24-28H,1,15-19H2,2-8H3,(H,38,41)(H,39,43)(H2,36,37,44)/t22?,24?,25-,26+,27+,28?,35-/m1/s1. The van der Waals surface area contributed by atoms with Crippen LogP contribution < -0.4 is 20.7 Å². The monoisotopic (exact) mass is 669 g/mol. The molecule has 47 heavy (non-hydrogen) atoms. The van der Waals surface area contributed by atoms with Crippen molar-refractivity contribution in [1.29, 1.82) is 0 Å². The van der Waals surface area contributed by atoms with E-state index in [1.54, 1.807) is 23.1 Å². The van der Waals surface area contributed by atoms with Gasteiger partial charge in [-0.3, -0.25) is 14.4 Å². The highest BCUT2D eigenvalue weighted by atomic mass is 32.2. The molecule has 4 N–H and O–H groups in total. The van der Waals surface area contributed by atoms with Crippen LogP contribution in [0.15, 0.2) is 47.9 Å². The van der Waals surface area contributed by atoms with Crippen molar-refractivity contribution in [3.8, 4) is 0 Å². The van der Waals surface area contributed by atoms with E-state index in [2.05, 4.69) is 54.9 Å². The quantitative estimate of drug-likeness (QED) is 0.250. The van der Waals surface area contributed by atoms with Gasteiger partial charge >= 0.3 is 6.03 Å². The minimum Gasteiger partial charge on any atom is -0.339 e. The summed E-state index contributed by atoms with van der Waals surface area (Å²) in [4.78, 5) is 56.9. The fourth-order valence-electron chi connectivity index (χ4n) is 7.38. The summed E-state index contributed by atoms with van der Waals surface area (Å²) >= 11 is 0. The summed E-state index contributed by atoms with van der Waals surface area (Å²) in [5.74, 6) is -1.44. The topological polar surface area (TPSA) is 154 Å². The maximum Gasteiger partial charge on any atom is 0.315 e. The van der Waals surface area contributed by atoms with Crippen molar-refractivity contribution < 1.29 is 27.6 Å². The molecule has 3 unspecified atom stereocenters. The number of nitrogens with zero attached hydrogens (tertiary/aromatic N) is 1. The molecule has 7 atom stereocenters. The molecule has 1 heterocycles. The van der Waals surface area contributed by atoms with Gasteiger partial charge in [-0.05, 0) is 59.5 Å². The van der Waals surface area contributed by atoms with E-state index < -0.39 is 56.8 Å². The number of carbonyl (C=O) groups excluding carboxylic acids is 4. The van der Waals surface area contributed by atoms with Crippen LogP contribution in [-0.4, -0.2) is 67.3 Å². The molecule has 1 aromatic carbocycles. The van der Waals surface area contributed by atoms with Gasteiger partial charge in [0.15, 0.2) is 0 Å². The normalized spacial score (nSPS) is 28.8. The van der Waals surface area contributed by atoms with E-state index in [0.717, 1.165) is 6.42 Å². The van der Waals surface area contributed by atoms with Gasteiger partial charge in [-0.2, -0.15) is 0 Å². The summed E-state index contributed by atoms with van der Waals surface area (Å²) in [5.41, 5.74) is -2.39. The minimum absolute atomic E-state index is 0.0126. The number of likely N-dealkylation sites (tertiary alicyclic amines) is 1. The zero-order valence-corrected chi connectivity index (χ0v) is 29.4. The van der Waals surface area contributed by atoms with Crippen molar-refractivity contribution in [2.75, 3.05) is 6.54 Å². The van der Waals surface area contributed by atoms with Gasteiger partial charge in [0.2, 0.25) is 11.8 Å². The van der Waals surface area contributed by atoms with Gasteiger partial charge in [-0.1, -0.05) is 85.6 Å². The number of rotatable bonds is 12. The SMILES string of the molecule is C=CC1C[C@]1(NC(=O)[C@@H]1[C@@H]2C(CN1C(=O)C(NC(=O)N[C@H](CC1CC1)C(C)C)C(C)(C)C)C2(C)C)C(=O)NS(=O)(=O)c1ccccc1. The number of carbonyl (C=O) groups is 4. The Balaban J connectivity index is 1.34. The summed E-state index contributed by atoms with van der Waals surface area (Å²) in [5, 5.41) is 8.90. The van der Waals surface area contributed by atoms with Crippen LogP contribution in [-0.2, 0) is 24.4 Å².